The normalized spacial score (nSPS) is 14.4. The highest BCUT2D eigenvalue weighted by Crippen LogP contribution is 2.38. The lowest BCUT2D eigenvalue weighted by Gasteiger charge is -2.32. The first kappa shape index (κ1) is 24.1. The van der Waals surface area contributed by atoms with Crippen LogP contribution in [-0.2, 0) is 27.7 Å². The second kappa shape index (κ2) is 9.19. The molecule has 4 N–H and O–H groups in total. The Hall–Kier alpha value is 0.140. The molecule has 0 aliphatic heterocycles. The molecule has 0 amide bonds. The summed E-state index contributed by atoms with van der Waals surface area (Å²) in [7, 11) is -9.49. The van der Waals surface area contributed by atoms with E-state index in [4.69, 9.17) is 29.0 Å². The molecular weight excluding hydrogens is 366 g/mol. The Morgan fingerprint density at radius 1 is 0.875 bits per heavy atom. The summed E-state index contributed by atoms with van der Waals surface area (Å²) in [6.45, 7) is 8.29. The molecule has 24 heavy (non-hydrogen) atoms. The molecule has 0 aromatic heterocycles. The van der Waals surface area contributed by atoms with Crippen molar-refractivity contribution in [3.05, 3.63) is 0 Å². The molecule has 0 radical (unpaired) electrons. The fraction of sp³-hybridized carbons (Fsp3) is 1.00. The Morgan fingerprint density at radius 3 is 1.62 bits per heavy atom. The molecule has 0 bridgehead atoms. The summed E-state index contributed by atoms with van der Waals surface area (Å²) >= 11 is 0. The van der Waals surface area contributed by atoms with E-state index in [2.05, 4.69) is 9.05 Å². The van der Waals surface area contributed by atoms with Crippen LogP contribution in [0.15, 0.2) is 0 Å². The Morgan fingerprint density at radius 2 is 1.29 bits per heavy atom. The van der Waals surface area contributed by atoms with E-state index in [1.165, 1.54) is 0 Å². The van der Waals surface area contributed by atoms with E-state index in [1.54, 1.807) is 13.8 Å². The standard InChI is InChI=1S/C12H28O10P2/c1-11(2,3)19-7-6-12(4,5)22-10(8-20-23(13,14)15)9-21-24(16,17)18/h10H,6-9H2,1-5H3,(H2,13,14,15)(H2,16,17,18). The van der Waals surface area contributed by atoms with Gasteiger partial charge in [-0.25, -0.2) is 9.13 Å². The summed E-state index contributed by atoms with van der Waals surface area (Å²) < 4.78 is 41.5. The van der Waals surface area contributed by atoms with Crippen molar-refractivity contribution in [3.8, 4) is 0 Å². The molecule has 0 aliphatic rings. The Labute approximate surface area is 141 Å². The van der Waals surface area contributed by atoms with Crippen molar-refractivity contribution in [2.24, 2.45) is 0 Å². The van der Waals surface area contributed by atoms with E-state index in [-0.39, 0.29) is 5.60 Å². The minimum atomic E-state index is -4.75. The molecule has 0 atom stereocenters. The first-order chi connectivity index (χ1) is 10.5. The molecule has 0 aliphatic carbocycles. The molecule has 146 valence electrons. The van der Waals surface area contributed by atoms with Crippen LogP contribution in [0.1, 0.15) is 41.0 Å². The summed E-state index contributed by atoms with van der Waals surface area (Å²) in [5, 5.41) is 0. The molecule has 0 aromatic rings. The summed E-state index contributed by atoms with van der Waals surface area (Å²) in [6.07, 6.45) is -0.651. The highest BCUT2D eigenvalue weighted by Gasteiger charge is 2.29. The predicted molar refractivity (Wildman–Crippen MR) is 85.3 cm³/mol. The maximum Gasteiger partial charge on any atom is 0.469 e. The first-order valence-electron chi connectivity index (χ1n) is 7.21. The number of rotatable bonds is 11. The zero-order valence-electron chi connectivity index (χ0n) is 14.5. The average molecular weight is 394 g/mol. The van der Waals surface area contributed by atoms with Crippen LogP contribution in [0.5, 0.6) is 0 Å². The third kappa shape index (κ3) is 15.7. The Bertz CT molecular complexity index is 435. The second-order valence-electron chi connectivity index (χ2n) is 6.78. The fourth-order valence-corrected chi connectivity index (χ4v) is 2.31. The Balaban J connectivity index is 4.68. The molecule has 0 spiro atoms. The first-order valence-corrected chi connectivity index (χ1v) is 10.3. The molecule has 0 saturated carbocycles. The second-order valence-corrected chi connectivity index (χ2v) is 9.26. The number of hydrogen-bond donors (Lipinski definition) is 4. The van der Waals surface area contributed by atoms with Crippen LogP contribution in [-0.4, -0.2) is 56.7 Å². The van der Waals surface area contributed by atoms with E-state index in [0.717, 1.165) is 0 Å². The number of phosphoric acid groups is 2. The van der Waals surface area contributed by atoms with Crippen LogP contribution < -0.4 is 0 Å². The van der Waals surface area contributed by atoms with Crippen LogP contribution in [0.2, 0.25) is 0 Å². The summed E-state index contributed by atoms with van der Waals surface area (Å²) in [6, 6.07) is 0. The largest absolute Gasteiger partial charge is 0.469 e. The maximum atomic E-state index is 10.8. The van der Waals surface area contributed by atoms with Gasteiger partial charge in [-0.3, -0.25) is 9.05 Å². The lowest BCUT2D eigenvalue weighted by atomic mass is 10.1. The van der Waals surface area contributed by atoms with Crippen molar-refractivity contribution in [1.82, 2.24) is 0 Å². The van der Waals surface area contributed by atoms with Crippen molar-refractivity contribution in [1.29, 1.82) is 0 Å². The van der Waals surface area contributed by atoms with Crippen LogP contribution >= 0.6 is 15.6 Å². The molecule has 0 rings (SSSR count). The number of phosphoric ester groups is 2. The van der Waals surface area contributed by atoms with Gasteiger partial charge in [0.25, 0.3) is 0 Å². The van der Waals surface area contributed by atoms with Crippen molar-refractivity contribution in [2.75, 3.05) is 19.8 Å². The topological polar surface area (TPSA) is 152 Å². The van der Waals surface area contributed by atoms with Gasteiger partial charge in [-0.05, 0) is 41.0 Å². The summed E-state index contributed by atoms with van der Waals surface area (Å²) in [5.41, 5.74) is -1.13. The molecule has 10 nitrogen and oxygen atoms in total. The molecule has 0 saturated heterocycles. The van der Waals surface area contributed by atoms with E-state index >= 15 is 0 Å². The molecular formula is C12H28O10P2. The van der Waals surface area contributed by atoms with Gasteiger partial charge in [-0.15, -0.1) is 0 Å². The predicted octanol–water partition coefficient (Wildman–Crippen LogP) is 1.57. The van der Waals surface area contributed by atoms with Crippen molar-refractivity contribution >= 4 is 15.6 Å². The van der Waals surface area contributed by atoms with Crippen LogP contribution in [0.25, 0.3) is 0 Å². The molecule has 0 aromatic carbocycles. The summed E-state index contributed by atoms with van der Waals surface area (Å²) in [4.78, 5) is 35.0. The van der Waals surface area contributed by atoms with E-state index in [0.29, 0.717) is 13.0 Å². The zero-order chi connectivity index (χ0) is 19.2. The van der Waals surface area contributed by atoms with Gasteiger partial charge in [0, 0.05) is 6.61 Å². The SMILES string of the molecule is CC(C)(C)OCCC(C)(C)OC(COP(=O)(O)O)COP(=O)(O)O. The highest BCUT2D eigenvalue weighted by atomic mass is 31.2. The van der Waals surface area contributed by atoms with Crippen molar-refractivity contribution < 1.29 is 47.2 Å². The zero-order valence-corrected chi connectivity index (χ0v) is 16.3. The Kier molecular flexibility index (Phi) is 9.24. The van der Waals surface area contributed by atoms with Gasteiger partial charge in [-0.1, -0.05) is 0 Å². The van der Waals surface area contributed by atoms with E-state index in [9.17, 15) is 9.13 Å². The monoisotopic (exact) mass is 394 g/mol. The molecule has 12 heteroatoms. The molecule has 0 heterocycles. The maximum absolute atomic E-state index is 10.8. The van der Waals surface area contributed by atoms with Gasteiger partial charge in [0.05, 0.1) is 24.4 Å². The highest BCUT2D eigenvalue weighted by molar-refractivity contribution is 7.46. The van der Waals surface area contributed by atoms with Crippen molar-refractivity contribution in [2.45, 2.75) is 58.3 Å². The number of hydrogen-bond acceptors (Lipinski definition) is 6. The van der Waals surface area contributed by atoms with Crippen LogP contribution in [0.4, 0.5) is 0 Å². The molecule has 0 fully saturated rings. The van der Waals surface area contributed by atoms with Gasteiger partial charge in [0.2, 0.25) is 0 Å². The van der Waals surface area contributed by atoms with Gasteiger partial charge in [0.15, 0.2) is 0 Å². The van der Waals surface area contributed by atoms with Crippen molar-refractivity contribution in [3.63, 3.8) is 0 Å². The van der Waals surface area contributed by atoms with E-state index in [1.807, 2.05) is 20.8 Å². The smallest absolute Gasteiger partial charge is 0.376 e. The molecule has 0 unspecified atom stereocenters. The van der Waals surface area contributed by atoms with Crippen LogP contribution in [0.3, 0.4) is 0 Å². The third-order valence-electron chi connectivity index (χ3n) is 2.58. The summed E-state index contributed by atoms with van der Waals surface area (Å²) in [5.74, 6) is 0. The quantitative estimate of drug-likeness (QED) is 0.380. The van der Waals surface area contributed by atoms with Gasteiger partial charge < -0.3 is 29.0 Å². The lowest BCUT2D eigenvalue weighted by Crippen LogP contribution is -2.37. The fourth-order valence-electron chi connectivity index (χ4n) is 1.59. The van der Waals surface area contributed by atoms with Crippen LogP contribution in [0, 0.1) is 0 Å². The van der Waals surface area contributed by atoms with E-state index < -0.39 is 40.6 Å². The minimum Gasteiger partial charge on any atom is -0.376 e. The number of ether oxygens (including phenoxy) is 2. The third-order valence-corrected chi connectivity index (χ3v) is 3.55. The minimum absolute atomic E-state index is 0.331. The van der Waals surface area contributed by atoms with Gasteiger partial charge in [-0.2, -0.15) is 0 Å². The lowest BCUT2D eigenvalue weighted by molar-refractivity contribution is -0.122. The van der Waals surface area contributed by atoms with Gasteiger partial charge >= 0.3 is 15.6 Å². The van der Waals surface area contributed by atoms with Gasteiger partial charge in [0.1, 0.15) is 6.10 Å². The average Bonchev–Trinajstić information content (AvgIpc) is 2.28.